The van der Waals surface area contributed by atoms with Gasteiger partial charge in [-0.05, 0) is 34.5 Å². The van der Waals surface area contributed by atoms with Crippen molar-refractivity contribution < 1.29 is 4.79 Å². The molecule has 0 bridgehead atoms. The van der Waals surface area contributed by atoms with Gasteiger partial charge in [0.25, 0.3) is 5.24 Å². The highest BCUT2D eigenvalue weighted by Gasteiger charge is 2.06. The lowest BCUT2D eigenvalue weighted by atomic mass is 10.2. The summed E-state index contributed by atoms with van der Waals surface area (Å²) in [6, 6.07) is 7.53. The summed E-state index contributed by atoms with van der Waals surface area (Å²) < 4.78 is 0.970. The lowest BCUT2D eigenvalue weighted by molar-refractivity contribution is 0.108. The second-order valence-corrected chi connectivity index (χ2v) is 3.68. The second kappa shape index (κ2) is 2.88. The topological polar surface area (TPSA) is 17.1 Å². The van der Waals surface area contributed by atoms with Gasteiger partial charge in [0, 0.05) is 4.70 Å². The predicted octanol–water partition coefficient (Wildman–Crippen LogP) is 3.28. The minimum absolute atomic E-state index is 0.386. The Morgan fingerprint density at radius 1 is 1.33 bits per heavy atom. The molecule has 0 radical (unpaired) electrons. The fourth-order valence-corrected chi connectivity index (χ4v) is 2.27. The molecule has 1 nitrogen and oxygen atoms in total. The molecular formula is C9H5ClOS. The van der Waals surface area contributed by atoms with E-state index in [1.807, 2.05) is 23.6 Å². The molecule has 60 valence electrons. The quantitative estimate of drug-likeness (QED) is 0.640. The number of hydrogen-bond donors (Lipinski definition) is 0. The molecule has 3 heteroatoms. The van der Waals surface area contributed by atoms with E-state index in [-0.39, 0.29) is 5.24 Å². The Kier molecular flexibility index (Phi) is 1.87. The lowest BCUT2D eigenvalue weighted by Crippen LogP contribution is -1.86. The summed E-state index contributed by atoms with van der Waals surface area (Å²) in [5, 5.41) is 2.64. The Morgan fingerprint density at radius 2 is 2.17 bits per heavy atom. The first-order chi connectivity index (χ1) is 5.79. The van der Waals surface area contributed by atoms with Crippen LogP contribution in [0.15, 0.2) is 29.6 Å². The molecule has 0 aliphatic heterocycles. The number of halogens is 1. The number of rotatable bonds is 1. The zero-order chi connectivity index (χ0) is 8.55. The van der Waals surface area contributed by atoms with Gasteiger partial charge in [-0.25, -0.2) is 0 Å². The van der Waals surface area contributed by atoms with Crippen LogP contribution in [0.3, 0.4) is 0 Å². The van der Waals surface area contributed by atoms with Gasteiger partial charge in [-0.15, -0.1) is 11.3 Å². The number of benzene rings is 1. The van der Waals surface area contributed by atoms with Gasteiger partial charge in [-0.2, -0.15) is 0 Å². The number of thiophene rings is 1. The molecule has 1 aromatic heterocycles. The maximum Gasteiger partial charge on any atom is 0.253 e. The zero-order valence-corrected chi connectivity index (χ0v) is 7.65. The van der Waals surface area contributed by atoms with E-state index in [1.54, 1.807) is 6.07 Å². The van der Waals surface area contributed by atoms with Crippen LogP contribution in [0.4, 0.5) is 0 Å². The first kappa shape index (κ1) is 7.77. The number of carbonyl (C=O) groups is 1. The average molecular weight is 197 g/mol. The monoisotopic (exact) mass is 196 g/mol. The van der Waals surface area contributed by atoms with Crippen molar-refractivity contribution in [3.63, 3.8) is 0 Å². The van der Waals surface area contributed by atoms with Gasteiger partial charge in [0.2, 0.25) is 0 Å². The van der Waals surface area contributed by atoms with E-state index in [2.05, 4.69) is 0 Å². The summed E-state index contributed by atoms with van der Waals surface area (Å²) in [5.74, 6) is 0. The third kappa shape index (κ3) is 1.13. The molecule has 0 atom stereocenters. The van der Waals surface area contributed by atoms with Gasteiger partial charge < -0.3 is 0 Å². The molecule has 1 heterocycles. The highest BCUT2D eigenvalue weighted by molar-refractivity contribution is 7.17. The van der Waals surface area contributed by atoms with Crippen molar-refractivity contribution >= 4 is 38.3 Å². The molecule has 0 aliphatic carbocycles. The van der Waals surface area contributed by atoms with Crippen LogP contribution in [0.5, 0.6) is 0 Å². The van der Waals surface area contributed by atoms with E-state index >= 15 is 0 Å². The Balaban J connectivity index is 2.82. The molecule has 2 rings (SSSR count). The van der Waals surface area contributed by atoms with Gasteiger partial charge in [0.1, 0.15) is 0 Å². The fraction of sp³-hybridized carbons (Fsp3) is 0. The van der Waals surface area contributed by atoms with Gasteiger partial charge >= 0.3 is 0 Å². The van der Waals surface area contributed by atoms with Crippen molar-refractivity contribution in [1.82, 2.24) is 0 Å². The van der Waals surface area contributed by atoms with Crippen molar-refractivity contribution in [1.29, 1.82) is 0 Å². The summed E-state index contributed by atoms with van der Waals surface area (Å²) in [4.78, 5) is 10.9. The Morgan fingerprint density at radius 3 is 2.92 bits per heavy atom. The number of carbonyl (C=O) groups excluding carboxylic acids is 1. The lowest BCUT2D eigenvalue weighted by Gasteiger charge is -1.94. The van der Waals surface area contributed by atoms with Crippen molar-refractivity contribution in [2.24, 2.45) is 0 Å². The molecule has 2 aromatic rings. The summed E-state index contributed by atoms with van der Waals surface area (Å²) in [7, 11) is 0. The van der Waals surface area contributed by atoms with E-state index in [1.165, 1.54) is 11.3 Å². The smallest absolute Gasteiger partial charge is 0.253 e. The van der Waals surface area contributed by atoms with Crippen LogP contribution in [0.25, 0.3) is 10.1 Å². The van der Waals surface area contributed by atoms with Gasteiger partial charge in [-0.3, -0.25) is 4.79 Å². The molecule has 0 fully saturated rings. The first-order valence-corrected chi connectivity index (χ1v) is 4.71. The maximum atomic E-state index is 10.9. The number of hydrogen-bond acceptors (Lipinski definition) is 2. The SMILES string of the molecule is O=C(Cl)c1cccc2ccsc12. The number of fused-ring (bicyclic) bond motifs is 1. The third-order valence-corrected chi connectivity index (χ3v) is 2.86. The molecule has 0 amide bonds. The average Bonchev–Trinajstić information content (AvgIpc) is 2.49. The standard InChI is InChI=1S/C9H5ClOS/c10-9(11)7-3-1-2-6-4-5-12-8(6)7/h1-5H. The molecule has 0 saturated carbocycles. The van der Waals surface area contributed by atoms with E-state index in [4.69, 9.17) is 11.6 Å². The van der Waals surface area contributed by atoms with E-state index in [0.29, 0.717) is 5.56 Å². The molecular weight excluding hydrogens is 192 g/mol. The summed E-state index contributed by atoms with van der Waals surface area (Å²) in [5.41, 5.74) is 0.601. The molecule has 0 N–H and O–H groups in total. The van der Waals surface area contributed by atoms with E-state index in [9.17, 15) is 4.79 Å². The molecule has 0 aliphatic rings. The molecule has 0 unspecified atom stereocenters. The second-order valence-electron chi connectivity index (χ2n) is 2.42. The minimum Gasteiger partial charge on any atom is -0.276 e. The van der Waals surface area contributed by atoms with Gasteiger partial charge in [-0.1, -0.05) is 12.1 Å². The third-order valence-electron chi connectivity index (χ3n) is 1.69. The largest absolute Gasteiger partial charge is 0.276 e. The van der Waals surface area contributed by atoms with Gasteiger partial charge in [0.05, 0.1) is 5.56 Å². The highest BCUT2D eigenvalue weighted by Crippen LogP contribution is 2.25. The van der Waals surface area contributed by atoms with Crippen molar-refractivity contribution in [3.05, 3.63) is 35.2 Å². The summed E-state index contributed by atoms with van der Waals surface area (Å²) in [6.45, 7) is 0. The normalized spacial score (nSPS) is 10.4. The summed E-state index contributed by atoms with van der Waals surface area (Å²) >= 11 is 6.94. The van der Waals surface area contributed by atoms with Crippen LogP contribution in [0, 0.1) is 0 Å². The van der Waals surface area contributed by atoms with Crippen LogP contribution < -0.4 is 0 Å². The Hall–Kier alpha value is -0.860. The van der Waals surface area contributed by atoms with Crippen molar-refractivity contribution in [2.45, 2.75) is 0 Å². The fourth-order valence-electron chi connectivity index (χ4n) is 1.15. The van der Waals surface area contributed by atoms with Crippen molar-refractivity contribution in [2.75, 3.05) is 0 Å². The molecule has 0 spiro atoms. The minimum atomic E-state index is -0.386. The Bertz CT molecular complexity index is 433. The Labute approximate surface area is 78.6 Å². The van der Waals surface area contributed by atoms with Crippen LogP contribution in [-0.2, 0) is 0 Å². The van der Waals surface area contributed by atoms with Crippen LogP contribution in [0.2, 0.25) is 0 Å². The first-order valence-electron chi connectivity index (χ1n) is 3.45. The van der Waals surface area contributed by atoms with Gasteiger partial charge in [0.15, 0.2) is 0 Å². The van der Waals surface area contributed by atoms with Crippen LogP contribution >= 0.6 is 22.9 Å². The maximum absolute atomic E-state index is 10.9. The molecule has 12 heavy (non-hydrogen) atoms. The van der Waals surface area contributed by atoms with E-state index < -0.39 is 0 Å². The van der Waals surface area contributed by atoms with Crippen LogP contribution in [0.1, 0.15) is 10.4 Å². The molecule has 0 saturated heterocycles. The van der Waals surface area contributed by atoms with Crippen LogP contribution in [-0.4, -0.2) is 5.24 Å². The van der Waals surface area contributed by atoms with Crippen molar-refractivity contribution in [3.8, 4) is 0 Å². The summed E-state index contributed by atoms with van der Waals surface area (Å²) in [6.07, 6.45) is 0. The zero-order valence-electron chi connectivity index (χ0n) is 6.08. The van der Waals surface area contributed by atoms with E-state index in [0.717, 1.165) is 10.1 Å². The molecule has 1 aromatic carbocycles. The predicted molar refractivity (Wildman–Crippen MR) is 52.0 cm³/mol. The highest BCUT2D eigenvalue weighted by atomic mass is 35.5.